The van der Waals surface area contributed by atoms with E-state index < -0.39 is 5.91 Å². The van der Waals surface area contributed by atoms with Gasteiger partial charge in [0.15, 0.2) is 0 Å². The molecule has 0 fully saturated rings. The van der Waals surface area contributed by atoms with Gasteiger partial charge in [-0.15, -0.1) is 0 Å². The first-order chi connectivity index (χ1) is 8.79. The van der Waals surface area contributed by atoms with E-state index >= 15 is 0 Å². The highest BCUT2D eigenvalue weighted by molar-refractivity contribution is 6.28. The summed E-state index contributed by atoms with van der Waals surface area (Å²) < 4.78 is 0. The molecule has 19 heavy (non-hydrogen) atoms. The van der Waals surface area contributed by atoms with Crippen LogP contribution >= 0.6 is 11.6 Å². The molecule has 0 spiro atoms. The maximum absolute atomic E-state index is 12.3. The number of amides is 2. The lowest BCUT2D eigenvalue weighted by Gasteiger charge is -2.22. The lowest BCUT2D eigenvalue weighted by Crippen LogP contribution is -2.41. The van der Waals surface area contributed by atoms with Gasteiger partial charge in [0.05, 0.1) is 6.54 Å². The second-order valence-corrected chi connectivity index (χ2v) is 5.05. The Bertz CT molecular complexity index is 470. The van der Waals surface area contributed by atoms with E-state index in [-0.39, 0.29) is 29.3 Å². The summed E-state index contributed by atoms with van der Waals surface area (Å²) in [7, 11) is 0. The van der Waals surface area contributed by atoms with Crippen LogP contribution in [0, 0.1) is 12.8 Å². The fourth-order valence-corrected chi connectivity index (χ4v) is 1.88. The molecule has 6 nitrogen and oxygen atoms in total. The zero-order chi connectivity index (χ0) is 14.6. The molecule has 2 N–H and O–H groups in total. The van der Waals surface area contributed by atoms with Gasteiger partial charge >= 0.3 is 0 Å². The van der Waals surface area contributed by atoms with E-state index in [4.69, 9.17) is 17.3 Å². The molecule has 0 radical (unpaired) electrons. The van der Waals surface area contributed by atoms with Crippen LogP contribution in [0.5, 0.6) is 0 Å². The molecule has 2 amide bonds. The second-order valence-electron chi connectivity index (χ2n) is 4.71. The Hall–Kier alpha value is -1.69. The monoisotopic (exact) mass is 284 g/mol. The smallest absolute Gasteiger partial charge is 0.273 e. The van der Waals surface area contributed by atoms with E-state index in [0.29, 0.717) is 12.2 Å². The first-order valence-electron chi connectivity index (χ1n) is 5.88. The molecule has 0 bridgehead atoms. The average molecular weight is 285 g/mol. The molecule has 0 aliphatic rings. The molecular weight excluding hydrogens is 268 g/mol. The molecule has 0 aromatic carbocycles. The highest BCUT2D eigenvalue weighted by Gasteiger charge is 2.20. The minimum atomic E-state index is -0.564. The van der Waals surface area contributed by atoms with Gasteiger partial charge < -0.3 is 10.6 Å². The Morgan fingerprint density at radius 2 is 2.05 bits per heavy atom. The van der Waals surface area contributed by atoms with Crippen LogP contribution in [0.1, 0.15) is 30.0 Å². The van der Waals surface area contributed by atoms with Crippen molar-refractivity contribution in [3.8, 4) is 0 Å². The van der Waals surface area contributed by atoms with Gasteiger partial charge in [0.2, 0.25) is 11.2 Å². The number of nitrogens with two attached hydrogens (primary N) is 1. The van der Waals surface area contributed by atoms with Crippen molar-refractivity contribution in [3.63, 3.8) is 0 Å². The van der Waals surface area contributed by atoms with E-state index in [1.807, 2.05) is 13.8 Å². The number of carbonyl (C=O) groups excluding carboxylic acids is 2. The third-order valence-corrected chi connectivity index (χ3v) is 2.43. The summed E-state index contributed by atoms with van der Waals surface area (Å²) in [5.41, 5.74) is 5.91. The number of aryl methyl sites for hydroxylation is 1. The van der Waals surface area contributed by atoms with Crippen molar-refractivity contribution in [1.29, 1.82) is 0 Å². The van der Waals surface area contributed by atoms with Crippen LogP contribution in [0.15, 0.2) is 6.07 Å². The molecule has 0 saturated carbocycles. The minimum absolute atomic E-state index is 0.00641. The molecular formula is C12H17ClN4O2. The first kappa shape index (κ1) is 15.4. The number of aromatic nitrogens is 2. The molecule has 104 valence electrons. The minimum Gasteiger partial charge on any atom is -0.368 e. The Balaban J connectivity index is 3.00. The molecule has 7 heteroatoms. The van der Waals surface area contributed by atoms with Crippen molar-refractivity contribution in [2.45, 2.75) is 20.8 Å². The van der Waals surface area contributed by atoms with Gasteiger partial charge in [-0.2, -0.15) is 0 Å². The maximum atomic E-state index is 12.3. The molecule has 0 saturated heterocycles. The lowest BCUT2D eigenvalue weighted by atomic mass is 10.2. The van der Waals surface area contributed by atoms with Crippen LogP contribution in [0.4, 0.5) is 0 Å². The van der Waals surface area contributed by atoms with E-state index in [0.717, 1.165) is 0 Å². The molecule has 1 aromatic heterocycles. The van der Waals surface area contributed by atoms with Crippen molar-refractivity contribution in [2.24, 2.45) is 11.7 Å². The molecule has 0 aliphatic carbocycles. The number of carbonyl (C=O) groups is 2. The van der Waals surface area contributed by atoms with Gasteiger partial charge in [-0.25, -0.2) is 9.97 Å². The largest absolute Gasteiger partial charge is 0.368 e. The Kier molecular flexibility index (Phi) is 5.23. The number of hydrogen-bond donors (Lipinski definition) is 1. The van der Waals surface area contributed by atoms with Gasteiger partial charge in [-0.3, -0.25) is 9.59 Å². The van der Waals surface area contributed by atoms with Crippen molar-refractivity contribution in [1.82, 2.24) is 14.9 Å². The topological polar surface area (TPSA) is 89.2 Å². The SMILES string of the molecule is Cc1cc(C(=O)N(CC(N)=O)CC(C)C)nc(Cl)n1. The third-order valence-electron chi connectivity index (χ3n) is 2.27. The van der Waals surface area contributed by atoms with Crippen molar-refractivity contribution < 1.29 is 9.59 Å². The maximum Gasteiger partial charge on any atom is 0.273 e. The van der Waals surface area contributed by atoms with E-state index in [1.165, 1.54) is 11.0 Å². The van der Waals surface area contributed by atoms with E-state index in [9.17, 15) is 9.59 Å². The van der Waals surface area contributed by atoms with Crippen molar-refractivity contribution in [2.75, 3.05) is 13.1 Å². The Morgan fingerprint density at radius 3 is 2.53 bits per heavy atom. The summed E-state index contributed by atoms with van der Waals surface area (Å²) in [5.74, 6) is -0.729. The van der Waals surface area contributed by atoms with Crippen LogP contribution in [0.25, 0.3) is 0 Å². The van der Waals surface area contributed by atoms with Crippen LogP contribution in [0.3, 0.4) is 0 Å². The summed E-state index contributed by atoms with van der Waals surface area (Å²) >= 11 is 5.73. The number of nitrogens with zero attached hydrogens (tertiary/aromatic N) is 3. The summed E-state index contributed by atoms with van der Waals surface area (Å²) in [5, 5.41) is 0.00641. The number of rotatable bonds is 5. The third kappa shape index (κ3) is 4.82. The summed E-state index contributed by atoms with van der Waals surface area (Å²) in [4.78, 5) is 32.5. The predicted molar refractivity (Wildman–Crippen MR) is 71.7 cm³/mol. The predicted octanol–water partition coefficient (Wildman–Crippen LogP) is 1.02. The molecule has 1 rings (SSSR count). The fraction of sp³-hybridized carbons (Fsp3) is 0.500. The summed E-state index contributed by atoms with van der Waals surface area (Å²) in [6.07, 6.45) is 0. The zero-order valence-corrected chi connectivity index (χ0v) is 11.9. The van der Waals surface area contributed by atoms with Crippen LogP contribution < -0.4 is 5.73 Å². The normalized spacial score (nSPS) is 10.6. The van der Waals surface area contributed by atoms with E-state index in [2.05, 4.69) is 9.97 Å². The van der Waals surface area contributed by atoms with Crippen molar-refractivity contribution >= 4 is 23.4 Å². The second kappa shape index (κ2) is 6.47. The van der Waals surface area contributed by atoms with Gasteiger partial charge in [-0.05, 0) is 30.5 Å². The first-order valence-corrected chi connectivity index (χ1v) is 6.26. The Labute approximate surface area is 117 Å². The van der Waals surface area contributed by atoms with Gasteiger partial charge in [0, 0.05) is 12.2 Å². The Morgan fingerprint density at radius 1 is 1.42 bits per heavy atom. The van der Waals surface area contributed by atoms with Gasteiger partial charge in [0.1, 0.15) is 5.69 Å². The molecule has 0 aliphatic heterocycles. The molecule has 1 heterocycles. The van der Waals surface area contributed by atoms with Gasteiger partial charge in [-0.1, -0.05) is 13.8 Å². The summed E-state index contributed by atoms with van der Waals surface area (Å²) in [6.45, 7) is 5.88. The van der Waals surface area contributed by atoms with Crippen LogP contribution in [0.2, 0.25) is 5.28 Å². The van der Waals surface area contributed by atoms with Crippen LogP contribution in [-0.2, 0) is 4.79 Å². The zero-order valence-electron chi connectivity index (χ0n) is 11.2. The van der Waals surface area contributed by atoms with E-state index in [1.54, 1.807) is 6.92 Å². The highest BCUT2D eigenvalue weighted by Crippen LogP contribution is 2.09. The average Bonchev–Trinajstić information content (AvgIpc) is 2.24. The fourth-order valence-electron chi connectivity index (χ4n) is 1.65. The van der Waals surface area contributed by atoms with Gasteiger partial charge in [0.25, 0.3) is 5.91 Å². The lowest BCUT2D eigenvalue weighted by molar-refractivity contribution is -0.118. The molecule has 0 unspecified atom stereocenters. The van der Waals surface area contributed by atoms with Crippen LogP contribution in [-0.4, -0.2) is 39.8 Å². The van der Waals surface area contributed by atoms with Crippen molar-refractivity contribution in [3.05, 3.63) is 22.7 Å². The number of primary amides is 1. The summed E-state index contributed by atoms with van der Waals surface area (Å²) in [6, 6.07) is 1.53. The number of hydrogen-bond acceptors (Lipinski definition) is 4. The standard InChI is InChI=1S/C12H17ClN4O2/c1-7(2)5-17(6-10(14)18)11(19)9-4-8(3)15-12(13)16-9/h4,7H,5-6H2,1-3H3,(H2,14,18). The molecule has 1 aromatic rings. The quantitative estimate of drug-likeness (QED) is 0.818. The number of halogens is 1. The highest BCUT2D eigenvalue weighted by atomic mass is 35.5. The molecule has 0 atom stereocenters.